The predicted octanol–water partition coefficient (Wildman–Crippen LogP) is 6.15. The monoisotopic (exact) mass is 444 g/mol. The molecule has 3 rings (SSSR count). The Bertz CT molecular complexity index is 766. The van der Waals surface area contributed by atoms with E-state index in [1.165, 1.54) is 32.1 Å². The first-order valence-corrected chi connectivity index (χ1v) is 12.2. The van der Waals surface area contributed by atoms with Gasteiger partial charge in [-0.05, 0) is 71.9 Å². The van der Waals surface area contributed by atoms with Crippen LogP contribution in [0.1, 0.15) is 103 Å². The molecule has 1 aliphatic carbocycles. The smallest absolute Gasteiger partial charge is 0.412 e. The number of Topliss-reactive ketones (excluding diaryl/α,β-unsaturated/α-hetero) is 1. The van der Waals surface area contributed by atoms with E-state index >= 15 is 0 Å². The summed E-state index contributed by atoms with van der Waals surface area (Å²) in [5, 5.41) is 0. The number of amides is 1. The van der Waals surface area contributed by atoms with Crippen LogP contribution in [0.4, 0.5) is 4.79 Å². The molecule has 0 bridgehead atoms. The molecule has 1 aromatic rings. The Kier molecular flexibility index (Phi) is 7.97. The predicted molar refractivity (Wildman–Crippen MR) is 124 cm³/mol. The largest absolute Gasteiger partial charge is 0.444 e. The third-order valence-corrected chi connectivity index (χ3v) is 6.57. The van der Waals surface area contributed by atoms with Gasteiger partial charge in [0.2, 0.25) is 0 Å². The fraction of sp³-hybridized carbons (Fsp3) is 0.731. The van der Waals surface area contributed by atoms with Crippen LogP contribution in [0.5, 0.6) is 0 Å². The van der Waals surface area contributed by atoms with E-state index < -0.39 is 11.3 Å². The van der Waals surface area contributed by atoms with Crippen LogP contribution in [0.2, 0.25) is 0 Å². The van der Waals surface area contributed by atoms with Crippen LogP contribution in [0.3, 0.4) is 0 Å². The molecule has 6 heteroatoms. The molecule has 1 saturated carbocycles. The van der Waals surface area contributed by atoms with E-state index in [1.54, 1.807) is 24.5 Å². The summed E-state index contributed by atoms with van der Waals surface area (Å²) in [6.07, 6.45) is 12.0. The van der Waals surface area contributed by atoms with Gasteiger partial charge in [0.05, 0.1) is 12.1 Å². The lowest BCUT2D eigenvalue weighted by Crippen LogP contribution is -2.50. The maximum absolute atomic E-state index is 13.2. The number of carbonyl (C=O) groups is 2. The molecule has 32 heavy (non-hydrogen) atoms. The van der Waals surface area contributed by atoms with Crippen molar-refractivity contribution >= 4 is 11.9 Å². The van der Waals surface area contributed by atoms with Gasteiger partial charge < -0.3 is 9.47 Å². The molecule has 1 saturated heterocycles. The zero-order valence-corrected chi connectivity index (χ0v) is 20.4. The van der Waals surface area contributed by atoms with Gasteiger partial charge in [-0.1, -0.05) is 32.1 Å². The van der Waals surface area contributed by atoms with Crippen LogP contribution < -0.4 is 0 Å². The Morgan fingerprint density at radius 2 is 1.81 bits per heavy atom. The molecular formula is C26H40N2O4. The third kappa shape index (κ3) is 6.53. The maximum atomic E-state index is 13.2. The molecule has 0 spiro atoms. The zero-order chi connectivity index (χ0) is 23.4. The first-order valence-electron chi connectivity index (χ1n) is 12.2. The second-order valence-electron chi connectivity index (χ2n) is 10.8. The van der Waals surface area contributed by atoms with Crippen molar-refractivity contribution in [1.82, 2.24) is 9.88 Å². The van der Waals surface area contributed by atoms with Gasteiger partial charge >= 0.3 is 6.09 Å². The quantitative estimate of drug-likeness (QED) is 0.472. The molecule has 1 amide bonds. The number of ketones is 1. The minimum atomic E-state index is -0.735. The summed E-state index contributed by atoms with van der Waals surface area (Å²) in [4.78, 5) is 31.5. The Morgan fingerprint density at radius 3 is 2.44 bits per heavy atom. The minimum Gasteiger partial charge on any atom is -0.444 e. The number of pyridine rings is 1. The van der Waals surface area contributed by atoms with E-state index in [4.69, 9.17) is 9.47 Å². The molecule has 0 radical (unpaired) electrons. The second kappa shape index (κ2) is 10.3. The standard InChI is InChI=1S/C26H40N2O4/c1-25(2,3)32-24(30)28-21(18-19-10-7-6-8-11-19)23(31-26(28,4)5)13-9-12-22(29)20-14-16-27-17-15-20/h14-17,19,21,23H,6-13,18H2,1-5H3. The van der Waals surface area contributed by atoms with Crippen LogP contribution in [0.15, 0.2) is 24.5 Å². The molecule has 2 atom stereocenters. The Labute approximate surface area is 193 Å². The fourth-order valence-corrected chi connectivity index (χ4v) is 5.16. The van der Waals surface area contributed by atoms with Crippen molar-refractivity contribution in [3.8, 4) is 0 Å². The van der Waals surface area contributed by atoms with Crippen molar-refractivity contribution in [1.29, 1.82) is 0 Å². The Balaban J connectivity index is 1.70. The first kappa shape index (κ1) is 24.7. The molecule has 1 aliphatic heterocycles. The lowest BCUT2D eigenvalue weighted by atomic mass is 9.83. The molecule has 2 heterocycles. The first-order chi connectivity index (χ1) is 15.1. The van der Waals surface area contributed by atoms with Gasteiger partial charge in [0.15, 0.2) is 5.78 Å². The van der Waals surface area contributed by atoms with Crippen molar-refractivity contribution in [3.05, 3.63) is 30.1 Å². The van der Waals surface area contributed by atoms with Gasteiger partial charge in [-0.15, -0.1) is 0 Å². The summed E-state index contributed by atoms with van der Waals surface area (Å²) in [5.41, 5.74) is -0.597. The molecule has 2 fully saturated rings. The van der Waals surface area contributed by atoms with E-state index in [9.17, 15) is 9.59 Å². The van der Waals surface area contributed by atoms with E-state index in [1.807, 2.05) is 39.5 Å². The minimum absolute atomic E-state index is 0.0287. The molecule has 1 aromatic heterocycles. The Morgan fingerprint density at radius 1 is 1.16 bits per heavy atom. The summed E-state index contributed by atoms with van der Waals surface area (Å²) >= 11 is 0. The SMILES string of the molecule is CC(C)(C)OC(=O)N1C(CC2CCCCC2)C(CCCC(=O)c2ccncc2)OC1(C)C. The maximum Gasteiger partial charge on any atom is 0.412 e. The van der Waals surface area contributed by atoms with Crippen molar-refractivity contribution in [2.24, 2.45) is 5.92 Å². The van der Waals surface area contributed by atoms with Crippen molar-refractivity contribution in [2.75, 3.05) is 0 Å². The molecule has 6 nitrogen and oxygen atoms in total. The summed E-state index contributed by atoms with van der Waals surface area (Å²) < 4.78 is 12.2. The number of hydrogen-bond donors (Lipinski definition) is 0. The number of nitrogens with zero attached hydrogens (tertiary/aromatic N) is 2. The number of aromatic nitrogens is 1. The molecular weight excluding hydrogens is 404 g/mol. The van der Waals surface area contributed by atoms with Crippen LogP contribution >= 0.6 is 0 Å². The topological polar surface area (TPSA) is 68.7 Å². The third-order valence-electron chi connectivity index (χ3n) is 6.57. The molecule has 2 aliphatic rings. The van der Waals surface area contributed by atoms with Gasteiger partial charge in [-0.2, -0.15) is 0 Å². The summed E-state index contributed by atoms with van der Waals surface area (Å²) in [7, 11) is 0. The highest BCUT2D eigenvalue weighted by Gasteiger charge is 2.51. The molecule has 0 aromatic carbocycles. The van der Waals surface area contributed by atoms with Gasteiger partial charge in [0.25, 0.3) is 0 Å². The van der Waals surface area contributed by atoms with Gasteiger partial charge in [-0.25, -0.2) is 4.79 Å². The molecule has 178 valence electrons. The van der Waals surface area contributed by atoms with Crippen molar-refractivity contribution in [3.63, 3.8) is 0 Å². The van der Waals surface area contributed by atoms with Crippen LogP contribution in [0.25, 0.3) is 0 Å². The summed E-state index contributed by atoms with van der Waals surface area (Å²) in [5.74, 6) is 0.731. The lowest BCUT2D eigenvalue weighted by molar-refractivity contribution is -0.0801. The van der Waals surface area contributed by atoms with E-state index in [-0.39, 0.29) is 24.0 Å². The highest BCUT2D eigenvalue weighted by atomic mass is 16.6. The summed E-state index contributed by atoms with van der Waals surface area (Å²) in [6, 6.07) is 3.49. The van der Waals surface area contributed by atoms with Crippen LogP contribution in [-0.4, -0.2) is 45.2 Å². The van der Waals surface area contributed by atoms with E-state index in [2.05, 4.69) is 4.98 Å². The number of hydrogen-bond acceptors (Lipinski definition) is 5. The summed E-state index contributed by atoms with van der Waals surface area (Å²) in [6.45, 7) is 9.59. The highest BCUT2D eigenvalue weighted by molar-refractivity contribution is 5.95. The number of rotatable bonds is 7. The van der Waals surface area contributed by atoms with Crippen molar-refractivity contribution < 1.29 is 19.1 Å². The highest BCUT2D eigenvalue weighted by Crippen LogP contribution is 2.40. The van der Waals surface area contributed by atoms with Crippen LogP contribution in [-0.2, 0) is 9.47 Å². The van der Waals surface area contributed by atoms with Crippen LogP contribution in [0, 0.1) is 5.92 Å². The van der Waals surface area contributed by atoms with E-state index in [0.29, 0.717) is 17.9 Å². The molecule has 0 N–H and O–H groups in total. The average molecular weight is 445 g/mol. The Hall–Kier alpha value is -1.95. The van der Waals surface area contributed by atoms with E-state index in [0.717, 1.165) is 19.3 Å². The van der Waals surface area contributed by atoms with Crippen molar-refractivity contribution in [2.45, 2.75) is 116 Å². The fourth-order valence-electron chi connectivity index (χ4n) is 5.16. The second-order valence-corrected chi connectivity index (χ2v) is 10.8. The van der Waals surface area contributed by atoms with Gasteiger partial charge in [0, 0.05) is 24.4 Å². The zero-order valence-electron chi connectivity index (χ0n) is 20.4. The molecule has 2 unspecified atom stereocenters. The number of ether oxygens (including phenoxy) is 2. The normalized spacial score (nSPS) is 23.8. The number of carbonyl (C=O) groups excluding carboxylic acids is 2. The average Bonchev–Trinajstić information content (AvgIpc) is 2.97. The van der Waals surface area contributed by atoms with Gasteiger partial charge in [0.1, 0.15) is 11.3 Å². The lowest BCUT2D eigenvalue weighted by Gasteiger charge is -2.37. The van der Waals surface area contributed by atoms with Gasteiger partial charge in [-0.3, -0.25) is 14.7 Å².